The van der Waals surface area contributed by atoms with E-state index in [0.29, 0.717) is 24.8 Å². The van der Waals surface area contributed by atoms with Crippen LogP contribution < -0.4 is 0 Å². The first-order chi connectivity index (χ1) is 13.8. The lowest BCUT2D eigenvalue weighted by Gasteiger charge is -2.57. The standard InChI is InChI=1S/C21H34O9/c1-12(10-14(23)24)6-9-21(28)19(3,11-22)7-5-8-20(21,4)30-18-17(27)16(26)15(25)13(2)29-18/h6,9-10,13,15-18,22,25-28H,5,7-8,11H2,1-4H3,(H,23,24)/b9-6+,12-10-/t13-,15-,16+,17-,18-,19+,20-,21-/m1/s1. The molecule has 2 aliphatic rings. The Labute approximate surface area is 176 Å². The van der Waals surface area contributed by atoms with E-state index in [9.17, 15) is 30.3 Å². The Morgan fingerprint density at radius 1 is 1.17 bits per heavy atom. The largest absolute Gasteiger partial charge is 0.478 e. The quantitative estimate of drug-likeness (QED) is 0.254. The molecule has 0 aromatic rings. The van der Waals surface area contributed by atoms with E-state index in [1.54, 1.807) is 20.8 Å². The summed E-state index contributed by atoms with van der Waals surface area (Å²) >= 11 is 0. The number of aliphatic carboxylic acids is 1. The molecule has 2 fully saturated rings. The topological polar surface area (TPSA) is 157 Å². The monoisotopic (exact) mass is 430 g/mol. The Bertz CT molecular complexity index is 692. The van der Waals surface area contributed by atoms with Crippen molar-refractivity contribution < 1.29 is 44.9 Å². The Morgan fingerprint density at radius 3 is 2.37 bits per heavy atom. The van der Waals surface area contributed by atoms with Crippen LogP contribution in [0.25, 0.3) is 0 Å². The zero-order valence-electron chi connectivity index (χ0n) is 17.9. The number of ether oxygens (including phenoxy) is 2. The van der Waals surface area contributed by atoms with Crippen LogP contribution in [0.1, 0.15) is 47.0 Å². The van der Waals surface area contributed by atoms with Crippen LogP contribution in [0.3, 0.4) is 0 Å². The fourth-order valence-corrected chi connectivity index (χ4v) is 4.42. The van der Waals surface area contributed by atoms with Gasteiger partial charge in [0.05, 0.1) is 12.7 Å². The molecule has 2 rings (SSSR count). The molecule has 0 aromatic heterocycles. The smallest absolute Gasteiger partial charge is 0.328 e. The highest BCUT2D eigenvalue weighted by molar-refractivity contribution is 5.81. The second-order valence-electron chi connectivity index (χ2n) is 8.93. The van der Waals surface area contributed by atoms with Gasteiger partial charge in [0.1, 0.15) is 29.5 Å². The number of aliphatic hydroxyl groups excluding tert-OH is 4. The molecule has 6 N–H and O–H groups in total. The molecule has 172 valence electrons. The summed E-state index contributed by atoms with van der Waals surface area (Å²) in [6, 6.07) is 0. The molecule has 1 heterocycles. The van der Waals surface area contributed by atoms with Crippen molar-refractivity contribution in [2.45, 2.75) is 88.9 Å². The van der Waals surface area contributed by atoms with Crippen LogP contribution in [0, 0.1) is 5.41 Å². The zero-order valence-corrected chi connectivity index (χ0v) is 17.9. The highest BCUT2D eigenvalue weighted by Crippen LogP contribution is 2.52. The van der Waals surface area contributed by atoms with Crippen molar-refractivity contribution in [3.05, 3.63) is 23.8 Å². The molecule has 1 aliphatic heterocycles. The average Bonchev–Trinajstić information content (AvgIpc) is 2.66. The predicted molar refractivity (Wildman–Crippen MR) is 106 cm³/mol. The van der Waals surface area contributed by atoms with E-state index in [-0.39, 0.29) is 6.61 Å². The van der Waals surface area contributed by atoms with Crippen molar-refractivity contribution in [3.8, 4) is 0 Å². The zero-order chi connectivity index (χ0) is 22.9. The van der Waals surface area contributed by atoms with Gasteiger partial charge in [0.15, 0.2) is 6.29 Å². The number of carbonyl (C=O) groups is 1. The van der Waals surface area contributed by atoms with Gasteiger partial charge in [0.2, 0.25) is 0 Å². The number of carboxylic acid groups (broad SMARTS) is 1. The van der Waals surface area contributed by atoms with E-state index in [1.807, 2.05) is 0 Å². The van der Waals surface area contributed by atoms with Gasteiger partial charge in [-0.15, -0.1) is 0 Å². The maximum atomic E-state index is 11.8. The molecule has 0 spiro atoms. The fraction of sp³-hybridized carbons (Fsp3) is 0.762. The van der Waals surface area contributed by atoms with Gasteiger partial charge in [-0.25, -0.2) is 4.79 Å². The lowest BCUT2D eigenvalue weighted by Crippen LogP contribution is -2.68. The van der Waals surface area contributed by atoms with E-state index in [1.165, 1.54) is 19.1 Å². The van der Waals surface area contributed by atoms with Gasteiger partial charge in [-0.2, -0.15) is 0 Å². The lowest BCUT2D eigenvalue weighted by atomic mass is 9.57. The number of rotatable bonds is 6. The minimum Gasteiger partial charge on any atom is -0.478 e. The van der Waals surface area contributed by atoms with E-state index >= 15 is 0 Å². The van der Waals surface area contributed by atoms with Crippen LogP contribution in [0.5, 0.6) is 0 Å². The van der Waals surface area contributed by atoms with Crippen molar-refractivity contribution in [2.24, 2.45) is 5.41 Å². The first-order valence-electron chi connectivity index (χ1n) is 10.1. The molecule has 0 radical (unpaired) electrons. The minimum atomic E-state index is -1.76. The molecule has 0 unspecified atom stereocenters. The van der Waals surface area contributed by atoms with Crippen LogP contribution in [0.15, 0.2) is 23.8 Å². The number of hydrogen-bond acceptors (Lipinski definition) is 8. The molecule has 9 nitrogen and oxygen atoms in total. The van der Waals surface area contributed by atoms with Crippen molar-refractivity contribution in [2.75, 3.05) is 6.61 Å². The Morgan fingerprint density at radius 2 is 1.80 bits per heavy atom. The van der Waals surface area contributed by atoms with E-state index in [2.05, 4.69) is 0 Å². The third-order valence-electron chi connectivity index (χ3n) is 6.58. The van der Waals surface area contributed by atoms with E-state index < -0.39 is 53.3 Å². The van der Waals surface area contributed by atoms with Crippen molar-refractivity contribution >= 4 is 5.97 Å². The highest BCUT2D eigenvalue weighted by Gasteiger charge is 2.61. The fourth-order valence-electron chi connectivity index (χ4n) is 4.42. The highest BCUT2D eigenvalue weighted by atomic mass is 16.7. The molecular formula is C21H34O9. The average molecular weight is 430 g/mol. The van der Waals surface area contributed by atoms with Crippen LogP contribution >= 0.6 is 0 Å². The summed E-state index contributed by atoms with van der Waals surface area (Å²) in [5.41, 5.74) is -3.75. The Kier molecular flexibility index (Phi) is 7.51. The molecule has 8 atom stereocenters. The number of aliphatic hydroxyl groups is 5. The summed E-state index contributed by atoms with van der Waals surface area (Å²) in [6.45, 7) is 6.06. The molecule has 9 heteroatoms. The first kappa shape index (κ1) is 24.9. The maximum Gasteiger partial charge on any atom is 0.328 e. The third-order valence-corrected chi connectivity index (χ3v) is 6.58. The van der Waals surface area contributed by atoms with Crippen LogP contribution in [0.4, 0.5) is 0 Å². The predicted octanol–water partition coefficient (Wildman–Crippen LogP) is 0.0899. The second-order valence-corrected chi connectivity index (χ2v) is 8.93. The van der Waals surface area contributed by atoms with Gasteiger partial charge in [-0.1, -0.05) is 13.0 Å². The van der Waals surface area contributed by atoms with E-state index in [0.717, 1.165) is 6.08 Å². The molecular weight excluding hydrogens is 396 g/mol. The van der Waals surface area contributed by atoms with Gasteiger partial charge in [-0.05, 0) is 51.7 Å². The van der Waals surface area contributed by atoms with Crippen molar-refractivity contribution in [1.29, 1.82) is 0 Å². The number of allylic oxidation sites excluding steroid dienone is 2. The Balaban J connectivity index is 2.43. The summed E-state index contributed by atoms with van der Waals surface area (Å²) in [6.07, 6.45) is -1.14. The van der Waals surface area contributed by atoms with Gasteiger partial charge in [-0.3, -0.25) is 0 Å². The number of carboxylic acids is 1. The van der Waals surface area contributed by atoms with Gasteiger partial charge >= 0.3 is 5.97 Å². The second kappa shape index (κ2) is 9.04. The summed E-state index contributed by atoms with van der Waals surface area (Å²) in [5, 5.41) is 61.2. The van der Waals surface area contributed by atoms with Crippen LogP contribution in [-0.2, 0) is 14.3 Å². The van der Waals surface area contributed by atoms with Gasteiger partial charge in [0, 0.05) is 11.5 Å². The molecule has 0 aromatic carbocycles. The number of hydrogen-bond donors (Lipinski definition) is 6. The third kappa shape index (κ3) is 4.47. The van der Waals surface area contributed by atoms with Crippen molar-refractivity contribution in [3.63, 3.8) is 0 Å². The summed E-state index contributed by atoms with van der Waals surface area (Å²) in [5.74, 6) is -1.13. The molecule has 30 heavy (non-hydrogen) atoms. The summed E-state index contributed by atoms with van der Waals surface area (Å²) in [4.78, 5) is 10.9. The molecule has 1 saturated carbocycles. The lowest BCUT2D eigenvalue weighted by molar-refractivity contribution is -0.350. The van der Waals surface area contributed by atoms with Crippen LogP contribution in [0.2, 0.25) is 0 Å². The molecule has 1 saturated heterocycles. The molecule has 0 amide bonds. The normalized spacial score (nSPS) is 45.6. The van der Waals surface area contributed by atoms with Gasteiger partial charge in [0.25, 0.3) is 0 Å². The van der Waals surface area contributed by atoms with Crippen LogP contribution in [-0.4, -0.2) is 85.1 Å². The maximum absolute atomic E-state index is 11.8. The van der Waals surface area contributed by atoms with Gasteiger partial charge < -0.3 is 40.1 Å². The molecule has 0 bridgehead atoms. The first-order valence-corrected chi connectivity index (χ1v) is 10.1. The summed E-state index contributed by atoms with van der Waals surface area (Å²) in [7, 11) is 0. The summed E-state index contributed by atoms with van der Waals surface area (Å²) < 4.78 is 11.6. The van der Waals surface area contributed by atoms with E-state index in [4.69, 9.17) is 14.6 Å². The van der Waals surface area contributed by atoms with Crippen molar-refractivity contribution in [1.82, 2.24) is 0 Å². The Hall–Kier alpha value is -1.33. The minimum absolute atomic E-state index is 0.352. The SMILES string of the molecule is CC(=C/C(=O)O)/C=C/[C@@]1(O)[C@](C)(CO)CCC[C@@]1(C)O[C@H]1O[C@H](C)[C@@H](O)[C@H](O)[C@H]1O. The molecule has 1 aliphatic carbocycles.